The Hall–Kier alpha value is -1.34. The Morgan fingerprint density at radius 3 is 3.00 bits per heavy atom. The second-order valence-corrected chi connectivity index (χ2v) is 3.96. The topological polar surface area (TPSA) is 55.6 Å². The van der Waals surface area contributed by atoms with Gasteiger partial charge in [-0.05, 0) is 45.5 Å². The zero-order valence-corrected chi connectivity index (χ0v) is 10.1. The predicted molar refractivity (Wildman–Crippen MR) is 59.6 cm³/mol. The van der Waals surface area contributed by atoms with Crippen molar-refractivity contribution in [3.8, 4) is 5.69 Å². The second kappa shape index (κ2) is 4.67. The van der Waals surface area contributed by atoms with Gasteiger partial charge in [-0.25, -0.2) is 4.39 Å². The highest BCUT2D eigenvalue weighted by molar-refractivity contribution is 9.10. The molecule has 2 rings (SSSR count). The Bertz CT molecular complexity index is 478. The minimum absolute atomic E-state index is 0.317. The first-order chi connectivity index (χ1) is 7.74. The van der Waals surface area contributed by atoms with Crippen LogP contribution in [0.15, 0.2) is 22.7 Å². The van der Waals surface area contributed by atoms with Crippen LogP contribution in [0.25, 0.3) is 5.69 Å². The van der Waals surface area contributed by atoms with Crippen LogP contribution >= 0.6 is 15.9 Å². The number of para-hydroxylation sites is 1. The molecular formula is C9H9BrFN5. The van der Waals surface area contributed by atoms with Gasteiger partial charge in [0.25, 0.3) is 0 Å². The van der Waals surface area contributed by atoms with Crippen LogP contribution in [0.1, 0.15) is 5.82 Å². The van der Waals surface area contributed by atoms with E-state index < -0.39 is 0 Å². The van der Waals surface area contributed by atoms with E-state index in [1.54, 1.807) is 19.2 Å². The molecule has 2 aromatic rings. The van der Waals surface area contributed by atoms with Crippen molar-refractivity contribution in [1.82, 2.24) is 25.5 Å². The maximum atomic E-state index is 13.7. The quantitative estimate of drug-likeness (QED) is 0.923. The molecule has 0 spiro atoms. The summed E-state index contributed by atoms with van der Waals surface area (Å²) in [6.07, 6.45) is 0. The van der Waals surface area contributed by atoms with E-state index in [-0.39, 0.29) is 5.82 Å². The van der Waals surface area contributed by atoms with Crippen LogP contribution in [0.4, 0.5) is 4.39 Å². The monoisotopic (exact) mass is 285 g/mol. The third-order valence-electron chi connectivity index (χ3n) is 2.02. The van der Waals surface area contributed by atoms with Crippen molar-refractivity contribution in [3.63, 3.8) is 0 Å². The fourth-order valence-corrected chi connectivity index (χ4v) is 1.85. The number of benzene rings is 1. The Morgan fingerprint density at radius 2 is 2.31 bits per heavy atom. The van der Waals surface area contributed by atoms with E-state index in [2.05, 4.69) is 36.8 Å². The van der Waals surface area contributed by atoms with Gasteiger partial charge in [-0.3, -0.25) is 0 Å². The number of halogens is 2. The van der Waals surface area contributed by atoms with Gasteiger partial charge in [-0.15, -0.1) is 5.10 Å². The van der Waals surface area contributed by atoms with Crippen molar-refractivity contribution in [2.45, 2.75) is 6.54 Å². The minimum Gasteiger partial charge on any atom is -0.313 e. The van der Waals surface area contributed by atoms with Crippen molar-refractivity contribution in [1.29, 1.82) is 0 Å². The van der Waals surface area contributed by atoms with Gasteiger partial charge < -0.3 is 5.32 Å². The summed E-state index contributed by atoms with van der Waals surface area (Å²) in [7, 11) is 1.77. The van der Waals surface area contributed by atoms with Crippen molar-refractivity contribution in [2.24, 2.45) is 0 Å². The molecule has 0 amide bonds. The average Bonchev–Trinajstić information content (AvgIpc) is 2.67. The van der Waals surface area contributed by atoms with Crippen LogP contribution in [-0.4, -0.2) is 27.3 Å². The molecule has 0 saturated carbocycles. The van der Waals surface area contributed by atoms with Crippen LogP contribution in [-0.2, 0) is 6.54 Å². The van der Waals surface area contributed by atoms with Crippen LogP contribution in [0, 0.1) is 5.82 Å². The highest BCUT2D eigenvalue weighted by atomic mass is 79.9. The molecular weight excluding hydrogens is 277 g/mol. The maximum Gasteiger partial charge on any atom is 0.170 e. The normalized spacial score (nSPS) is 10.7. The summed E-state index contributed by atoms with van der Waals surface area (Å²) in [6, 6.07) is 4.72. The van der Waals surface area contributed by atoms with Gasteiger partial charge in [0.2, 0.25) is 0 Å². The minimum atomic E-state index is -0.376. The Labute approximate surface area is 99.8 Å². The Balaban J connectivity index is 2.54. The number of hydrogen-bond donors (Lipinski definition) is 1. The van der Waals surface area contributed by atoms with Crippen LogP contribution < -0.4 is 5.32 Å². The molecule has 84 valence electrons. The average molecular weight is 286 g/mol. The van der Waals surface area contributed by atoms with Gasteiger partial charge in [0.1, 0.15) is 11.5 Å². The molecule has 1 N–H and O–H groups in total. The molecule has 0 radical (unpaired) electrons. The number of hydrogen-bond acceptors (Lipinski definition) is 4. The van der Waals surface area contributed by atoms with Crippen molar-refractivity contribution in [3.05, 3.63) is 34.3 Å². The van der Waals surface area contributed by atoms with Gasteiger partial charge in [0.05, 0.1) is 6.54 Å². The van der Waals surface area contributed by atoms with Gasteiger partial charge in [-0.2, -0.15) is 4.68 Å². The largest absolute Gasteiger partial charge is 0.313 e. The summed E-state index contributed by atoms with van der Waals surface area (Å²) < 4.78 is 15.6. The summed E-state index contributed by atoms with van der Waals surface area (Å²) in [5.41, 5.74) is 0.317. The van der Waals surface area contributed by atoms with E-state index in [1.807, 2.05) is 0 Å². The summed E-state index contributed by atoms with van der Waals surface area (Å²) in [5, 5.41) is 14.0. The third-order valence-corrected chi connectivity index (χ3v) is 2.66. The number of nitrogens with zero attached hydrogens (tertiary/aromatic N) is 4. The van der Waals surface area contributed by atoms with Crippen LogP contribution in [0.2, 0.25) is 0 Å². The molecule has 0 aliphatic carbocycles. The lowest BCUT2D eigenvalue weighted by molar-refractivity contribution is 0.597. The molecule has 0 atom stereocenters. The first-order valence-electron chi connectivity index (χ1n) is 4.60. The van der Waals surface area contributed by atoms with E-state index in [1.165, 1.54) is 10.7 Å². The van der Waals surface area contributed by atoms with Gasteiger partial charge in [0, 0.05) is 4.47 Å². The van der Waals surface area contributed by atoms with E-state index in [9.17, 15) is 4.39 Å². The molecule has 0 fully saturated rings. The smallest absolute Gasteiger partial charge is 0.170 e. The molecule has 1 heterocycles. The zero-order chi connectivity index (χ0) is 11.5. The lowest BCUT2D eigenvalue weighted by Gasteiger charge is -2.07. The Morgan fingerprint density at radius 1 is 1.50 bits per heavy atom. The first-order valence-corrected chi connectivity index (χ1v) is 5.39. The molecule has 5 nitrogen and oxygen atoms in total. The van der Waals surface area contributed by atoms with Crippen molar-refractivity contribution < 1.29 is 4.39 Å². The Kier molecular flexibility index (Phi) is 3.25. The SMILES string of the molecule is CNCc1nnnn1-c1c(F)cccc1Br. The fraction of sp³-hybridized carbons (Fsp3) is 0.222. The summed E-state index contributed by atoms with van der Waals surface area (Å²) in [6.45, 7) is 0.466. The molecule has 16 heavy (non-hydrogen) atoms. The number of tetrazole rings is 1. The van der Waals surface area contributed by atoms with Crippen LogP contribution in [0.5, 0.6) is 0 Å². The number of rotatable bonds is 3. The lowest BCUT2D eigenvalue weighted by Crippen LogP contribution is -2.13. The van der Waals surface area contributed by atoms with E-state index >= 15 is 0 Å². The molecule has 0 aliphatic rings. The second-order valence-electron chi connectivity index (χ2n) is 3.11. The molecule has 7 heteroatoms. The molecule has 0 bridgehead atoms. The highest BCUT2D eigenvalue weighted by Crippen LogP contribution is 2.23. The summed E-state index contributed by atoms with van der Waals surface area (Å²) >= 11 is 3.28. The molecule has 0 aliphatic heterocycles. The van der Waals surface area contributed by atoms with E-state index in [0.717, 1.165) is 0 Å². The van der Waals surface area contributed by atoms with Crippen molar-refractivity contribution in [2.75, 3.05) is 7.05 Å². The predicted octanol–water partition coefficient (Wildman–Crippen LogP) is 1.28. The number of nitrogens with one attached hydrogen (secondary N) is 1. The standard InChI is InChI=1S/C9H9BrFN5/c1-12-5-8-13-14-15-16(8)9-6(10)3-2-4-7(9)11/h2-4,12H,5H2,1H3. The summed E-state index contributed by atoms with van der Waals surface area (Å²) in [5.74, 6) is 0.173. The van der Waals surface area contributed by atoms with E-state index in [4.69, 9.17) is 0 Å². The van der Waals surface area contributed by atoms with Crippen LogP contribution in [0.3, 0.4) is 0 Å². The molecule has 1 aromatic carbocycles. The third kappa shape index (κ3) is 1.96. The van der Waals surface area contributed by atoms with Gasteiger partial charge in [-0.1, -0.05) is 6.07 Å². The van der Waals surface area contributed by atoms with E-state index in [0.29, 0.717) is 22.5 Å². The number of aromatic nitrogens is 4. The molecule has 0 saturated heterocycles. The molecule has 0 unspecified atom stereocenters. The highest BCUT2D eigenvalue weighted by Gasteiger charge is 2.14. The maximum absolute atomic E-state index is 13.7. The molecule has 1 aromatic heterocycles. The first kappa shape index (κ1) is 11.2. The zero-order valence-electron chi connectivity index (χ0n) is 8.48. The fourth-order valence-electron chi connectivity index (χ4n) is 1.34. The van der Waals surface area contributed by atoms with Gasteiger partial charge >= 0.3 is 0 Å². The lowest BCUT2D eigenvalue weighted by atomic mass is 10.3. The van der Waals surface area contributed by atoms with Gasteiger partial charge in [0.15, 0.2) is 5.82 Å². The summed E-state index contributed by atoms with van der Waals surface area (Å²) in [4.78, 5) is 0. The van der Waals surface area contributed by atoms with Crippen molar-refractivity contribution >= 4 is 15.9 Å².